The van der Waals surface area contributed by atoms with Gasteiger partial charge >= 0.3 is 0 Å². The Balaban J connectivity index is 1.90. The molecule has 2 heterocycles. The minimum absolute atomic E-state index is 0.00456. The summed E-state index contributed by atoms with van der Waals surface area (Å²) in [4.78, 5) is 25.7. The van der Waals surface area contributed by atoms with Crippen molar-refractivity contribution in [3.05, 3.63) is 18.0 Å². The zero-order chi connectivity index (χ0) is 16.2. The van der Waals surface area contributed by atoms with Crippen LogP contribution in [0.2, 0.25) is 0 Å². The van der Waals surface area contributed by atoms with Crippen LogP contribution >= 0.6 is 0 Å². The highest BCUT2D eigenvalue weighted by molar-refractivity contribution is 5.93. The summed E-state index contributed by atoms with van der Waals surface area (Å²) in [6.07, 6.45) is 1.53. The first-order valence-electron chi connectivity index (χ1n) is 7.21. The molecule has 0 atom stereocenters. The SMILES string of the molecule is COCCNC(=O)C1(F)CCN(C(=O)c2ccnn2C)CC1. The van der Waals surface area contributed by atoms with E-state index in [-0.39, 0.29) is 38.4 Å². The highest BCUT2D eigenvalue weighted by atomic mass is 19.1. The lowest BCUT2D eigenvalue weighted by Crippen LogP contribution is -2.52. The van der Waals surface area contributed by atoms with Gasteiger partial charge in [0, 0.05) is 52.8 Å². The summed E-state index contributed by atoms with van der Waals surface area (Å²) < 4.78 is 20.9. The van der Waals surface area contributed by atoms with Gasteiger partial charge in [-0.3, -0.25) is 14.3 Å². The molecule has 1 fully saturated rings. The van der Waals surface area contributed by atoms with Crippen molar-refractivity contribution in [1.82, 2.24) is 20.0 Å². The molecule has 1 aromatic heterocycles. The third-order valence-electron chi connectivity index (χ3n) is 3.88. The summed E-state index contributed by atoms with van der Waals surface area (Å²) >= 11 is 0. The number of likely N-dealkylation sites (tertiary alicyclic amines) is 1. The predicted octanol–water partition coefficient (Wildman–Crippen LogP) is 0.127. The third kappa shape index (κ3) is 3.44. The fourth-order valence-corrected chi connectivity index (χ4v) is 2.46. The number of amides is 2. The van der Waals surface area contributed by atoms with Gasteiger partial charge in [-0.25, -0.2) is 4.39 Å². The Morgan fingerprint density at radius 2 is 2.14 bits per heavy atom. The van der Waals surface area contributed by atoms with Crippen molar-refractivity contribution in [2.24, 2.45) is 7.05 Å². The van der Waals surface area contributed by atoms with Crippen LogP contribution in [0.25, 0.3) is 0 Å². The molecule has 7 nitrogen and oxygen atoms in total. The van der Waals surface area contributed by atoms with Crippen LogP contribution in [-0.4, -0.2) is 65.5 Å². The highest BCUT2D eigenvalue weighted by Gasteiger charge is 2.42. The maximum Gasteiger partial charge on any atom is 0.272 e. The van der Waals surface area contributed by atoms with E-state index >= 15 is 0 Å². The van der Waals surface area contributed by atoms with Crippen LogP contribution in [0.5, 0.6) is 0 Å². The van der Waals surface area contributed by atoms with Gasteiger partial charge in [0.15, 0.2) is 5.67 Å². The normalized spacial score (nSPS) is 17.3. The minimum atomic E-state index is -1.92. The molecule has 1 N–H and O–H groups in total. The molecule has 1 aliphatic heterocycles. The lowest BCUT2D eigenvalue weighted by molar-refractivity contribution is -0.135. The molecule has 0 saturated carbocycles. The molecule has 8 heteroatoms. The number of carbonyl (C=O) groups excluding carboxylic acids is 2. The van der Waals surface area contributed by atoms with Gasteiger partial charge in [0.05, 0.1) is 6.61 Å². The summed E-state index contributed by atoms with van der Waals surface area (Å²) in [5.41, 5.74) is -1.47. The number of rotatable bonds is 5. The van der Waals surface area contributed by atoms with Gasteiger partial charge < -0.3 is 15.0 Å². The topological polar surface area (TPSA) is 76.5 Å². The van der Waals surface area contributed by atoms with Crippen molar-refractivity contribution in [2.75, 3.05) is 33.4 Å². The number of aryl methyl sites for hydroxylation is 1. The van der Waals surface area contributed by atoms with E-state index in [9.17, 15) is 14.0 Å². The predicted molar refractivity (Wildman–Crippen MR) is 77.1 cm³/mol. The quantitative estimate of drug-likeness (QED) is 0.784. The van der Waals surface area contributed by atoms with Crippen LogP contribution in [0.3, 0.4) is 0 Å². The van der Waals surface area contributed by atoms with E-state index in [1.165, 1.54) is 11.8 Å². The van der Waals surface area contributed by atoms with Gasteiger partial charge in [-0.05, 0) is 6.07 Å². The molecule has 2 rings (SSSR count). The standard InChI is InChI=1S/C14H21FN4O3/c1-18-11(3-6-17-18)12(20)19-8-4-14(15,5-9-19)13(21)16-7-10-22-2/h3,6H,4-5,7-10H2,1-2H3,(H,16,21). The molecule has 0 aromatic carbocycles. The molecule has 22 heavy (non-hydrogen) atoms. The number of alkyl halides is 1. The average molecular weight is 312 g/mol. The monoisotopic (exact) mass is 312 g/mol. The molecule has 122 valence electrons. The van der Waals surface area contributed by atoms with Crippen LogP contribution in [0.15, 0.2) is 12.3 Å². The van der Waals surface area contributed by atoms with Crippen molar-refractivity contribution in [3.63, 3.8) is 0 Å². The van der Waals surface area contributed by atoms with Gasteiger partial charge in [-0.1, -0.05) is 0 Å². The Kier molecular flexibility index (Phi) is 5.12. The number of nitrogens with one attached hydrogen (secondary N) is 1. The zero-order valence-corrected chi connectivity index (χ0v) is 12.8. The molecule has 0 aliphatic carbocycles. The Morgan fingerprint density at radius 1 is 1.45 bits per heavy atom. The van der Waals surface area contributed by atoms with Crippen molar-refractivity contribution >= 4 is 11.8 Å². The molecule has 1 saturated heterocycles. The molecule has 2 amide bonds. The number of piperidine rings is 1. The third-order valence-corrected chi connectivity index (χ3v) is 3.88. The molecule has 0 radical (unpaired) electrons. The second-order valence-corrected chi connectivity index (χ2v) is 5.35. The summed E-state index contributed by atoms with van der Waals surface area (Å²) in [6, 6.07) is 1.62. The second-order valence-electron chi connectivity index (χ2n) is 5.35. The van der Waals surface area contributed by atoms with E-state index in [4.69, 9.17) is 4.74 Å². The van der Waals surface area contributed by atoms with Crippen LogP contribution in [0.1, 0.15) is 23.3 Å². The van der Waals surface area contributed by atoms with E-state index in [1.807, 2.05) is 0 Å². The van der Waals surface area contributed by atoms with E-state index < -0.39 is 11.6 Å². The van der Waals surface area contributed by atoms with Crippen molar-refractivity contribution in [1.29, 1.82) is 0 Å². The van der Waals surface area contributed by atoms with E-state index in [0.29, 0.717) is 12.3 Å². The summed E-state index contributed by atoms with van der Waals surface area (Å²) in [6.45, 7) is 1.03. The molecule has 0 unspecified atom stereocenters. The molecular weight excluding hydrogens is 291 g/mol. The number of halogens is 1. The number of nitrogens with zero attached hydrogens (tertiary/aromatic N) is 3. The minimum Gasteiger partial charge on any atom is -0.383 e. The lowest BCUT2D eigenvalue weighted by atomic mass is 9.92. The van der Waals surface area contributed by atoms with E-state index in [2.05, 4.69) is 10.4 Å². The number of methoxy groups -OCH3 is 1. The number of aromatic nitrogens is 2. The number of hydrogen-bond acceptors (Lipinski definition) is 4. The van der Waals surface area contributed by atoms with Crippen LogP contribution < -0.4 is 5.32 Å². The van der Waals surface area contributed by atoms with Crippen LogP contribution in [-0.2, 0) is 16.6 Å². The Hall–Kier alpha value is -1.96. The lowest BCUT2D eigenvalue weighted by Gasteiger charge is -2.35. The van der Waals surface area contributed by atoms with Crippen molar-refractivity contribution in [2.45, 2.75) is 18.5 Å². The van der Waals surface area contributed by atoms with E-state index in [0.717, 1.165) is 0 Å². The first kappa shape index (κ1) is 16.4. The molecular formula is C14H21FN4O3. The van der Waals surface area contributed by atoms with Crippen LogP contribution in [0, 0.1) is 0 Å². The average Bonchev–Trinajstić information content (AvgIpc) is 2.93. The Bertz CT molecular complexity index is 538. The van der Waals surface area contributed by atoms with Crippen molar-refractivity contribution in [3.8, 4) is 0 Å². The maximum absolute atomic E-state index is 14.6. The largest absolute Gasteiger partial charge is 0.383 e. The number of carbonyl (C=O) groups is 2. The molecule has 0 bridgehead atoms. The van der Waals surface area contributed by atoms with Gasteiger partial charge in [0.2, 0.25) is 0 Å². The van der Waals surface area contributed by atoms with Gasteiger partial charge in [-0.2, -0.15) is 5.10 Å². The fraction of sp³-hybridized carbons (Fsp3) is 0.643. The maximum atomic E-state index is 14.6. The Morgan fingerprint density at radius 3 is 2.68 bits per heavy atom. The van der Waals surface area contributed by atoms with E-state index in [1.54, 1.807) is 24.2 Å². The first-order valence-corrected chi connectivity index (χ1v) is 7.21. The summed E-state index contributed by atoms with van der Waals surface area (Å²) in [5, 5.41) is 6.47. The van der Waals surface area contributed by atoms with Gasteiger partial charge in [0.25, 0.3) is 11.8 Å². The highest BCUT2D eigenvalue weighted by Crippen LogP contribution is 2.27. The fourth-order valence-electron chi connectivity index (χ4n) is 2.46. The van der Waals surface area contributed by atoms with Gasteiger partial charge in [-0.15, -0.1) is 0 Å². The smallest absolute Gasteiger partial charge is 0.272 e. The first-order chi connectivity index (χ1) is 10.5. The molecule has 0 spiro atoms. The van der Waals surface area contributed by atoms with Crippen molar-refractivity contribution < 1.29 is 18.7 Å². The summed E-state index contributed by atoms with van der Waals surface area (Å²) in [7, 11) is 3.19. The molecule has 1 aromatic rings. The zero-order valence-electron chi connectivity index (χ0n) is 12.8. The summed E-state index contributed by atoms with van der Waals surface area (Å²) in [5.74, 6) is -0.820. The van der Waals surface area contributed by atoms with Gasteiger partial charge in [0.1, 0.15) is 5.69 Å². The second kappa shape index (κ2) is 6.87. The number of ether oxygens (including phenoxy) is 1. The van der Waals surface area contributed by atoms with Crippen LogP contribution in [0.4, 0.5) is 4.39 Å². The molecule has 1 aliphatic rings. The number of hydrogen-bond donors (Lipinski definition) is 1. The Labute approximate surface area is 128 Å².